The summed E-state index contributed by atoms with van der Waals surface area (Å²) in [5, 5.41) is 6.62. The van der Waals surface area contributed by atoms with Crippen molar-refractivity contribution in [3.63, 3.8) is 0 Å². The quantitative estimate of drug-likeness (QED) is 0.176. The van der Waals surface area contributed by atoms with E-state index in [9.17, 15) is 0 Å². The van der Waals surface area contributed by atoms with Crippen LogP contribution in [0.2, 0.25) is 0 Å². The zero-order valence-corrected chi connectivity index (χ0v) is 20.3. The zero-order chi connectivity index (χ0) is 19.7. The Morgan fingerprint density at radius 1 is 1.04 bits per heavy atom. The maximum atomic E-state index is 5.56. The molecule has 7 heteroatoms. The Kier molecular flexibility index (Phi) is 17.6. The zero-order valence-electron chi connectivity index (χ0n) is 18.0. The third-order valence-corrected chi connectivity index (χ3v) is 4.22. The molecule has 0 spiro atoms. The number of hydrogen-bond acceptors (Lipinski definition) is 4. The minimum atomic E-state index is 0. The molecule has 0 heterocycles. The second-order valence-corrected chi connectivity index (χ2v) is 6.58. The van der Waals surface area contributed by atoms with E-state index in [2.05, 4.69) is 65.7 Å². The third kappa shape index (κ3) is 13.3. The van der Waals surface area contributed by atoms with Gasteiger partial charge in [-0.25, -0.2) is 0 Å². The SMILES string of the molecule is CCCCOCCOCCNC(=NC)NCc1cccc(CN(C)CC)c1.I. The Balaban J connectivity index is 0.00000729. The second-order valence-electron chi connectivity index (χ2n) is 6.58. The number of rotatable bonds is 14. The first-order valence-electron chi connectivity index (χ1n) is 10.1. The van der Waals surface area contributed by atoms with Crippen molar-refractivity contribution < 1.29 is 9.47 Å². The number of hydrogen-bond donors (Lipinski definition) is 2. The first-order valence-corrected chi connectivity index (χ1v) is 10.1. The molecule has 0 aliphatic heterocycles. The average molecular weight is 506 g/mol. The highest BCUT2D eigenvalue weighted by molar-refractivity contribution is 14.0. The molecule has 162 valence electrons. The van der Waals surface area contributed by atoms with Gasteiger partial charge in [0.2, 0.25) is 0 Å². The van der Waals surface area contributed by atoms with Crippen LogP contribution >= 0.6 is 24.0 Å². The van der Waals surface area contributed by atoms with Crippen molar-refractivity contribution >= 4 is 29.9 Å². The van der Waals surface area contributed by atoms with Crippen LogP contribution in [0.4, 0.5) is 0 Å². The van der Waals surface area contributed by atoms with Gasteiger partial charge in [0.15, 0.2) is 5.96 Å². The number of aliphatic imine (C=N–C) groups is 1. The first-order chi connectivity index (χ1) is 13.2. The lowest BCUT2D eigenvalue weighted by atomic mass is 10.1. The number of unbranched alkanes of at least 4 members (excludes halogenated alkanes) is 1. The molecule has 28 heavy (non-hydrogen) atoms. The van der Waals surface area contributed by atoms with E-state index in [1.165, 1.54) is 11.1 Å². The molecule has 0 radical (unpaired) electrons. The van der Waals surface area contributed by atoms with E-state index < -0.39 is 0 Å². The number of guanidine groups is 1. The topological polar surface area (TPSA) is 58.1 Å². The van der Waals surface area contributed by atoms with Gasteiger partial charge in [-0.2, -0.15) is 0 Å². The van der Waals surface area contributed by atoms with E-state index in [4.69, 9.17) is 9.47 Å². The summed E-state index contributed by atoms with van der Waals surface area (Å²) in [5.74, 6) is 0.786. The maximum absolute atomic E-state index is 5.56. The summed E-state index contributed by atoms with van der Waals surface area (Å²) in [6.07, 6.45) is 2.28. The molecule has 0 aromatic heterocycles. The van der Waals surface area contributed by atoms with Gasteiger partial charge in [0.1, 0.15) is 0 Å². The van der Waals surface area contributed by atoms with Crippen molar-refractivity contribution in [1.82, 2.24) is 15.5 Å². The van der Waals surface area contributed by atoms with E-state index in [-0.39, 0.29) is 24.0 Å². The molecule has 0 saturated carbocycles. The van der Waals surface area contributed by atoms with Crippen LogP contribution < -0.4 is 10.6 Å². The highest BCUT2D eigenvalue weighted by Gasteiger charge is 2.01. The van der Waals surface area contributed by atoms with Crippen LogP contribution in [0.15, 0.2) is 29.3 Å². The van der Waals surface area contributed by atoms with Gasteiger partial charge in [-0.05, 0) is 31.1 Å². The van der Waals surface area contributed by atoms with Gasteiger partial charge >= 0.3 is 0 Å². The molecule has 1 aromatic rings. The summed E-state index contributed by atoms with van der Waals surface area (Å²) >= 11 is 0. The molecule has 6 nitrogen and oxygen atoms in total. The summed E-state index contributed by atoms with van der Waals surface area (Å²) in [7, 11) is 3.92. The molecule has 0 amide bonds. The molecule has 0 saturated heterocycles. The number of nitrogens with zero attached hydrogens (tertiary/aromatic N) is 2. The summed E-state index contributed by atoms with van der Waals surface area (Å²) < 4.78 is 11.0. The van der Waals surface area contributed by atoms with Crippen molar-refractivity contribution in [2.45, 2.75) is 39.8 Å². The third-order valence-electron chi connectivity index (χ3n) is 4.22. The number of halogens is 1. The summed E-state index contributed by atoms with van der Waals surface area (Å²) in [6, 6.07) is 8.67. The molecule has 0 fully saturated rings. The molecule has 2 N–H and O–H groups in total. The van der Waals surface area contributed by atoms with Crippen LogP contribution in [-0.4, -0.2) is 64.5 Å². The van der Waals surface area contributed by atoms with Crippen LogP contribution in [0, 0.1) is 0 Å². The fraction of sp³-hybridized carbons (Fsp3) is 0.667. The minimum absolute atomic E-state index is 0. The molecule has 1 rings (SSSR count). The highest BCUT2D eigenvalue weighted by atomic mass is 127. The first kappa shape index (κ1) is 27.1. The van der Waals surface area contributed by atoms with Crippen molar-refractivity contribution in [3.8, 4) is 0 Å². The molecule has 0 atom stereocenters. The second kappa shape index (κ2) is 18.1. The Hall–Kier alpha value is -0.900. The fourth-order valence-corrected chi connectivity index (χ4v) is 2.48. The van der Waals surface area contributed by atoms with Crippen LogP contribution in [0.1, 0.15) is 37.8 Å². The minimum Gasteiger partial charge on any atom is -0.379 e. The summed E-state index contributed by atoms with van der Waals surface area (Å²) in [5.41, 5.74) is 2.58. The van der Waals surface area contributed by atoms with Crippen LogP contribution in [-0.2, 0) is 22.6 Å². The Bertz CT molecular complexity index is 529. The van der Waals surface area contributed by atoms with Crippen molar-refractivity contribution in [2.75, 3.05) is 53.6 Å². The average Bonchev–Trinajstić information content (AvgIpc) is 2.69. The molecule has 0 unspecified atom stereocenters. The van der Waals surface area contributed by atoms with Gasteiger partial charge in [0.25, 0.3) is 0 Å². The largest absolute Gasteiger partial charge is 0.379 e. The van der Waals surface area contributed by atoms with Gasteiger partial charge < -0.3 is 25.0 Å². The molecular formula is C21H39IN4O2. The van der Waals surface area contributed by atoms with Crippen molar-refractivity contribution in [2.24, 2.45) is 4.99 Å². The lowest BCUT2D eigenvalue weighted by Gasteiger charge is -2.15. The van der Waals surface area contributed by atoms with Gasteiger partial charge in [-0.3, -0.25) is 4.99 Å². The monoisotopic (exact) mass is 506 g/mol. The smallest absolute Gasteiger partial charge is 0.191 e. The van der Waals surface area contributed by atoms with Gasteiger partial charge in [0.05, 0.1) is 19.8 Å². The van der Waals surface area contributed by atoms with E-state index in [0.717, 1.165) is 51.6 Å². The highest BCUT2D eigenvalue weighted by Crippen LogP contribution is 2.07. The van der Waals surface area contributed by atoms with E-state index in [0.29, 0.717) is 19.8 Å². The van der Waals surface area contributed by atoms with Gasteiger partial charge in [0, 0.05) is 33.3 Å². The maximum Gasteiger partial charge on any atom is 0.191 e. The molecule has 0 aliphatic carbocycles. The van der Waals surface area contributed by atoms with Crippen LogP contribution in [0.5, 0.6) is 0 Å². The number of nitrogens with one attached hydrogen (secondary N) is 2. The predicted octanol–water partition coefficient (Wildman–Crippen LogP) is 3.25. The molecule has 0 aliphatic rings. The number of ether oxygens (including phenoxy) is 2. The van der Waals surface area contributed by atoms with E-state index in [1.807, 2.05) is 0 Å². The summed E-state index contributed by atoms with van der Waals surface area (Å²) in [4.78, 5) is 6.55. The lowest BCUT2D eigenvalue weighted by molar-refractivity contribution is 0.0487. The van der Waals surface area contributed by atoms with Crippen LogP contribution in [0.25, 0.3) is 0 Å². The predicted molar refractivity (Wildman–Crippen MR) is 129 cm³/mol. The molecular weight excluding hydrogens is 467 g/mol. The molecule has 0 bridgehead atoms. The van der Waals surface area contributed by atoms with Crippen molar-refractivity contribution in [3.05, 3.63) is 35.4 Å². The van der Waals surface area contributed by atoms with Gasteiger partial charge in [-0.1, -0.05) is 44.5 Å². The summed E-state index contributed by atoms with van der Waals surface area (Å²) in [6.45, 7) is 10.6. The normalized spacial score (nSPS) is 11.4. The van der Waals surface area contributed by atoms with Crippen molar-refractivity contribution in [1.29, 1.82) is 0 Å². The molecule has 1 aromatic carbocycles. The number of benzene rings is 1. The standard InChI is InChI=1S/C21H38N4O2.HI/c1-5-7-12-26-14-15-27-13-11-23-21(22-3)24-17-19-9-8-10-20(16-19)18-25(4)6-2;/h8-10,16H,5-7,11-15,17-18H2,1-4H3,(H2,22,23,24);1H. The fourth-order valence-electron chi connectivity index (χ4n) is 2.48. The van der Waals surface area contributed by atoms with E-state index in [1.54, 1.807) is 7.05 Å². The van der Waals surface area contributed by atoms with Crippen LogP contribution in [0.3, 0.4) is 0 Å². The lowest BCUT2D eigenvalue weighted by Crippen LogP contribution is -2.38. The van der Waals surface area contributed by atoms with Gasteiger partial charge in [-0.15, -0.1) is 24.0 Å². The Labute approximate surface area is 188 Å². The Morgan fingerprint density at radius 2 is 1.75 bits per heavy atom. The Morgan fingerprint density at radius 3 is 2.43 bits per heavy atom. The van der Waals surface area contributed by atoms with E-state index >= 15 is 0 Å².